The summed E-state index contributed by atoms with van der Waals surface area (Å²) in [5.41, 5.74) is 1.41. The van der Waals surface area contributed by atoms with Crippen molar-refractivity contribution in [1.29, 1.82) is 0 Å². The maximum Gasteiger partial charge on any atom is 0.201 e. The van der Waals surface area contributed by atoms with Crippen molar-refractivity contribution in [3.05, 3.63) is 42.2 Å². The highest BCUT2D eigenvalue weighted by atomic mass is 19.1. The summed E-state index contributed by atoms with van der Waals surface area (Å²) in [6.45, 7) is 2.06. The smallest absolute Gasteiger partial charge is 0.201 e. The van der Waals surface area contributed by atoms with E-state index in [4.69, 9.17) is 0 Å². The van der Waals surface area contributed by atoms with Gasteiger partial charge in [-0.25, -0.2) is 14.4 Å². The minimum absolute atomic E-state index is 0.0420. The third kappa shape index (κ3) is 2.29. The fourth-order valence-electron chi connectivity index (χ4n) is 2.05. The lowest BCUT2D eigenvalue weighted by Crippen LogP contribution is -2.12. The van der Waals surface area contributed by atoms with Gasteiger partial charge in [-0.1, -0.05) is 6.92 Å². The molecule has 0 fully saturated rings. The van der Waals surface area contributed by atoms with E-state index in [-0.39, 0.29) is 11.9 Å². The number of fused-ring (bicyclic) bond motifs is 1. The summed E-state index contributed by atoms with van der Waals surface area (Å²) in [5.74, 6) is 1.19. The highest BCUT2D eigenvalue weighted by molar-refractivity contribution is 5.77. The lowest BCUT2D eigenvalue weighted by molar-refractivity contribution is 0.629. The number of hydrogen-bond donors (Lipinski definition) is 3. The number of imidazole rings is 2. The monoisotopic (exact) mass is 259 g/mol. The molecule has 3 aromatic rings. The quantitative estimate of drug-likeness (QED) is 0.674. The fourth-order valence-corrected chi connectivity index (χ4v) is 2.05. The largest absolute Gasteiger partial charge is 0.347 e. The second-order valence-corrected chi connectivity index (χ2v) is 4.33. The van der Waals surface area contributed by atoms with Crippen molar-refractivity contribution in [3.63, 3.8) is 0 Å². The van der Waals surface area contributed by atoms with Gasteiger partial charge in [0.05, 0.1) is 17.1 Å². The van der Waals surface area contributed by atoms with Crippen LogP contribution in [0.2, 0.25) is 0 Å². The Kier molecular flexibility index (Phi) is 2.91. The lowest BCUT2D eigenvalue weighted by atomic mass is 10.2. The van der Waals surface area contributed by atoms with Gasteiger partial charge in [0.15, 0.2) is 0 Å². The maximum atomic E-state index is 13.1. The lowest BCUT2D eigenvalue weighted by Gasteiger charge is -2.13. The van der Waals surface area contributed by atoms with Crippen LogP contribution < -0.4 is 5.32 Å². The standard InChI is InChI=1S/C13H14FN5/c1-2-9(12-15-5-6-16-12)17-13-18-10-4-3-8(14)7-11(10)19-13/h3-7,9H,2H2,1H3,(H,15,16)(H2,17,18,19). The van der Waals surface area contributed by atoms with Crippen LogP contribution in [0.5, 0.6) is 0 Å². The van der Waals surface area contributed by atoms with Crippen LogP contribution in [0.1, 0.15) is 25.2 Å². The Bertz CT molecular complexity index is 673. The molecule has 1 aromatic carbocycles. The van der Waals surface area contributed by atoms with E-state index >= 15 is 0 Å². The minimum Gasteiger partial charge on any atom is -0.347 e. The number of nitrogens with one attached hydrogen (secondary N) is 3. The molecule has 1 unspecified atom stereocenters. The highest BCUT2D eigenvalue weighted by Gasteiger charge is 2.13. The van der Waals surface area contributed by atoms with Crippen LogP contribution in [-0.4, -0.2) is 19.9 Å². The number of anilines is 1. The van der Waals surface area contributed by atoms with Crippen molar-refractivity contribution in [2.45, 2.75) is 19.4 Å². The predicted molar refractivity (Wildman–Crippen MR) is 71.3 cm³/mol. The van der Waals surface area contributed by atoms with E-state index in [1.807, 2.05) is 0 Å². The van der Waals surface area contributed by atoms with Gasteiger partial charge in [-0.3, -0.25) is 0 Å². The number of hydrogen-bond acceptors (Lipinski definition) is 3. The summed E-state index contributed by atoms with van der Waals surface area (Å²) in [6, 6.07) is 4.53. The van der Waals surface area contributed by atoms with E-state index in [0.29, 0.717) is 11.5 Å². The first-order chi connectivity index (χ1) is 9.26. The molecule has 6 heteroatoms. The van der Waals surface area contributed by atoms with Gasteiger partial charge in [0, 0.05) is 12.4 Å². The molecule has 1 atom stereocenters. The third-order valence-electron chi connectivity index (χ3n) is 3.01. The molecular weight excluding hydrogens is 245 g/mol. The molecule has 0 spiro atoms. The Morgan fingerprint density at radius 3 is 3.05 bits per heavy atom. The molecule has 0 aliphatic rings. The van der Waals surface area contributed by atoms with Gasteiger partial charge >= 0.3 is 0 Å². The average Bonchev–Trinajstić information content (AvgIpc) is 3.04. The van der Waals surface area contributed by atoms with E-state index in [2.05, 4.69) is 32.2 Å². The minimum atomic E-state index is -0.277. The normalized spacial score (nSPS) is 12.7. The summed E-state index contributed by atoms with van der Waals surface area (Å²) in [7, 11) is 0. The van der Waals surface area contributed by atoms with Gasteiger partial charge in [0.25, 0.3) is 0 Å². The molecule has 0 saturated carbocycles. The molecule has 19 heavy (non-hydrogen) atoms. The molecule has 0 aliphatic carbocycles. The summed E-state index contributed by atoms with van der Waals surface area (Å²) >= 11 is 0. The van der Waals surface area contributed by atoms with E-state index in [1.54, 1.807) is 18.5 Å². The Labute approximate surface area is 109 Å². The zero-order chi connectivity index (χ0) is 13.2. The molecule has 98 valence electrons. The van der Waals surface area contributed by atoms with Crippen LogP contribution in [-0.2, 0) is 0 Å². The van der Waals surface area contributed by atoms with Crippen LogP contribution in [0, 0.1) is 5.82 Å². The zero-order valence-electron chi connectivity index (χ0n) is 10.4. The van der Waals surface area contributed by atoms with Crippen molar-refractivity contribution in [2.75, 3.05) is 5.32 Å². The summed E-state index contributed by atoms with van der Waals surface area (Å²) in [4.78, 5) is 14.7. The van der Waals surface area contributed by atoms with Crippen molar-refractivity contribution in [2.24, 2.45) is 0 Å². The Balaban J connectivity index is 1.88. The van der Waals surface area contributed by atoms with Gasteiger partial charge in [0.2, 0.25) is 5.95 Å². The Morgan fingerprint density at radius 2 is 2.32 bits per heavy atom. The number of benzene rings is 1. The van der Waals surface area contributed by atoms with Crippen LogP contribution >= 0.6 is 0 Å². The fraction of sp³-hybridized carbons (Fsp3) is 0.231. The van der Waals surface area contributed by atoms with Gasteiger partial charge < -0.3 is 15.3 Å². The van der Waals surface area contributed by atoms with Gasteiger partial charge in [-0.2, -0.15) is 0 Å². The summed E-state index contributed by atoms with van der Waals surface area (Å²) in [5, 5.41) is 3.26. The maximum absolute atomic E-state index is 13.1. The van der Waals surface area contributed by atoms with Crippen molar-refractivity contribution < 1.29 is 4.39 Å². The Morgan fingerprint density at radius 1 is 1.42 bits per heavy atom. The second kappa shape index (κ2) is 4.72. The first kappa shape index (κ1) is 11.7. The van der Waals surface area contributed by atoms with Gasteiger partial charge in [-0.15, -0.1) is 0 Å². The van der Waals surface area contributed by atoms with Crippen LogP contribution in [0.4, 0.5) is 10.3 Å². The molecule has 2 heterocycles. The third-order valence-corrected chi connectivity index (χ3v) is 3.01. The van der Waals surface area contributed by atoms with E-state index in [9.17, 15) is 4.39 Å². The highest BCUT2D eigenvalue weighted by Crippen LogP contribution is 2.20. The van der Waals surface area contributed by atoms with Crippen LogP contribution in [0.3, 0.4) is 0 Å². The van der Waals surface area contributed by atoms with Gasteiger partial charge in [-0.05, 0) is 24.6 Å². The van der Waals surface area contributed by atoms with E-state index in [0.717, 1.165) is 17.8 Å². The molecule has 3 N–H and O–H groups in total. The zero-order valence-corrected chi connectivity index (χ0v) is 10.4. The molecule has 0 aliphatic heterocycles. The molecule has 0 bridgehead atoms. The van der Waals surface area contributed by atoms with E-state index < -0.39 is 0 Å². The first-order valence-electron chi connectivity index (χ1n) is 6.17. The Hall–Kier alpha value is -2.37. The molecule has 0 saturated heterocycles. The molecular formula is C13H14FN5. The predicted octanol–water partition coefficient (Wildman–Crippen LogP) is 2.99. The van der Waals surface area contributed by atoms with Crippen molar-refractivity contribution >= 4 is 17.0 Å². The number of rotatable bonds is 4. The van der Waals surface area contributed by atoms with Crippen molar-refractivity contribution in [1.82, 2.24) is 19.9 Å². The molecule has 3 rings (SSSR count). The number of aromatic amines is 2. The number of aromatic nitrogens is 4. The summed E-state index contributed by atoms with van der Waals surface area (Å²) < 4.78 is 13.1. The van der Waals surface area contributed by atoms with E-state index in [1.165, 1.54) is 12.1 Å². The number of H-pyrrole nitrogens is 2. The van der Waals surface area contributed by atoms with Crippen LogP contribution in [0.15, 0.2) is 30.6 Å². The molecule has 5 nitrogen and oxygen atoms in total. The number of halogens is 1. The molecule has 2 aromatic heterocycles. The van der Waals surface area contributed by atoms with Crippen molar-refractivity contribution in [3.8, 4) is 0 Å². The average molecular weight is 259 g/mol. The molecule has 0 amide bonds. The van der Waals surface area contributed by atoms with Gasteiger partial charge in [0.1, 0.15) is 11.6 Å². The topological polar surface area (TPSA) is 69.4 Å². The SMILES string of the molecule is CCC(Nc1nc2ccc(F)cc2[nH]1)c1ncc[nH]1. The summed E-state index contributed by atoms with van der Waals surface area (Å²) in [6.07, 6.45) is 4.36. The second-order valence-electron chi connectivity index (χ2n) is 4.33. The van der Waals surface area contributed by atoms with Crippen LogP contribution in [0.25, 0.3) is 11.0 Å². The first-order valence-corrected chi connectivity index (χ1v) is 6.17. The molecule has 0 radical (unpaired) electrons. The number of nitrogens with zero attached hydrogens (tertiary/aromatic N) is 2.